The second-order valence-electron chi connectivity index (χ2n) is 4.18. The van der Waals surface area contributed by atoms with Gasteiger partial charge in [-0.15, -0.1) is 0 Å². The van der Waals surface area contributed by atoms with Gasteiger partial charge >= 0.3 is 0 Å². The Morgan fingerprint density at radius 3 is 1.22 bits per heavy atom. The summed E-state index contributed by atoms with van der Waals surface area (Å²) in [5.74, 6) is 0. The van der Waals surface area contributed by atoms with E-state index in [9.17, 15) is 0 Å². The largest absolute Gasteiger partial charge is 0.352 e. The first-order valence-electron chi connectivity index (χ1n) is 3.83. The van der Waals surface area contributed by atoms with Crippen LogP contribution >= 0.6 is 0 Å². The summed E-state index contributed by atoms with van der Waals surface area (Å²) in [6.07, 6.45) is 6.61. The molecule has 2 nitrogen and oxygen atoms in total. The van der Waals surface area contributed by atoms with Crippen LogP contribution in [0.5, 0.6) is 0 Å². The monoisotopic (exact) mass is 128 g/mol. The van der Waals surface area contributed by atoms with Gasteiger partial charge in [0, 0.05) is 25.7 Å². The van der Waals surface area contributed by atoms with Crippen LogP contribution in [-0.4, -0.2) is 11.1 Å². The Bertz CT molecular complexity index is 118. The van der Waals surface area contributed by atoms with E-state index in [-0.39, 0.29) is 0 Å². The Morgan fingerprint density at radius 1 is 0.778 bits per heavy atom. The fourth-order valence-electron chi connectivity index (χ4n) is 2.46. The van der Waals surface area contributed by atoms with E-state index < -0.39 is 0 Å². The van der Waals surface area contributed by atoms with Crippen LogP contribution < -0.4 is 11.5 Å². The second kappa shape index (κ2) is 1.32. The van der Waals surface area contributed by atoms with Gasteiger partial charge in [-0.1, -0.05) is 0 Å². The van der Waals surface area contributed by atoms with Crippen LogP contribution in [0.3, 0.4) is 0 Å². The number of quaternary nitrogens is 2. The van der Waals surface area contributed by atoms with Gasteiger partial charge in [0.2, 0.25) is 0 Å². The third-order valence-electron chi connectivity index (χ3n) is 3.12. The van der Waals surface area contributed by atoms with Gasteiger partial charge in [-0.3, -0.25) is 0 Å². The molecule has 2 aliphatic carbocycles. The molecule has 0 radical (unpaired) electrons. The van der Waals surface area contributed by atoms with E-state index in [0.29, 0.717) is 11.1 Å². The summed E-state index contributed by atoms with van der Waals surface area (Å²) in [5, 5.41) is 0. The lowest BCUT2D eigenvalue weighted by atomic mass is 9.93. The first kappa shape index (κ1) is 5.69. The summed E-state index contributed by atoms with van der Waals surface area (Å²) >= 11 is 0. The van der Waals surface area contributed by atoms with E-state index in [0.717, 1.165) is 0 Å². The third-order valence-corrected chi connectivity index (χ3v) is 3.12. The van der Waals surface area contributed by atoms with E-state index in [2.05, 4.69) is 11.5 Å². The zero-order valence-corrected chi connectivity index (χ0v) is 5.95. The van der Waals surface area contributed by atoms with Crippen LogP contribution in [0, 0.1) is 0 Å². The fourth-order valence-corrected chi connectivity index (χ4v) is 2.46. The number of rotatable bonds is 0. The van der Waals surface area contributed by atoms with Crippen LogP contribution in [-0.2, 0) is 0 Å². The summed E-state index contributed by atoms with van der Waals surface area (Å²) in [4.78, 5) is 0. The minimum absolute atomic E-state index is 0.460. The maximum atomic E-state index is 4.23. The Labute approximate surface area is 55.6 Å². The molecule has 2 rings (SSSR count). The van der Waals surface area contributed by atoms with Crippen molar-refractivity contribution in [3.8, 4) is 0 Å². The van der Waals surface area contributed by atoms with Gasteiger partial charge in [0.1, 0.15) is 11.1 Å². The maximum Gasteiger partial charge on any atom is 0.101 e. The molecule has 0 aromatic heterocycles. The molecule has 9 heavy (non-hydrogen) atoms. The molecule has 2 aliphatic rings. The molecule has 0 amide bonds. The summed E-state index contributed by atoms with van der Waals surface area (Å²) in [6.45, 7) is 0. The van der Waals surface area contributed by atoms with Crippen LogP contribution in [0.15, 0.2) is 0 Å². The van der Waals surface area contributed by atoms with E-state index in [1.54, 1.807) is 0 Å². The SMILES string of the molecule is [NH3+]C12CCC([NH3+])(CC1)C2. The van der Waals surface area contributed by atoms with Crippen molar-refractivity contribution in [2.24, 2.45) is 0 Å². The molecule has 0 saturated heterocycles. The van der Waals surface area contributed by atoms with E-state index >= 15 is 0 Å². The zero-order valence-electron chi connectivity index (χ0n) is 5.95. The Balaban J connectivity index is 2.25. The average Bonchev–Trinajstić information content (AvgIpc) is 2.19. The lowest BCUT2D eigenvalue weighted by Crippen LogP contribution is -2.72. The molecule has 52 valence electrons. The van der Waals surface area contributed by atoms with Crippen molar-refractivity contribution in [1.82, 2.24) is 0 Å². The van der Waals surface area contributed by atoms with Crippen molar-refractivity contribution < 1.29 is 11.5 Å². The van der Waals surface area contributed by atoms with Gasteiger partial charge in [-0.05, 0) is 0 Å². The molecular formula is C7H16N2+2. The minimum Gasteiger partial charge on any atom is -0.352 e. The second-order valence-corrected chi connectivity index (χ2v) is 4.18. The Hall–Kier alpha value is -0.0800. The van der Waals surface area contributed by atoms with E-state index in [4.69, 9.17) is 0 Å². The predicted octanol–water partition coefficient (Wildman–Crippen LogP) is -1.07. The standard InChI is InChI=1S/C7H14N2/c8-6-1-2-7(9,5-6)4-3-6/h1-5,8-9H2/p+2. The van der Waals surface area contributed by atoms with Gasteiger partial charge in [-0.2, -0.15) is 0 Å². The van der Waals surface area contributed by atoms with Gasteiger partial charge < -0.3 is 11.5 Å². The molecule has 0 atom stereocenters. The molecule has 6 N–H and O–H groups in total. The molecule has 0 spiro atoms. The van der Waals surface area contributed by atoms with Crippen LogP contribution in [0.4, 0.5) is 0 Å². The highest BCUT2D eigenvalue weighted by Crippen LogP contribution is 2.44. The minimum atomic E-state index is 0.460. The number of hydrogen-bond donors (Lipinski definition) is 2. The van der Waals surface area contributed by atoms with Gasteiger partial charge in [0.05, 0.1) is 6.42 Å². The molecule has 2 heteroatoms. The van der Waals surface area contributed by atoms with Gasteiger partial charge in [-0.25, -0.2) is 0 Å². The number of fused-ring (bicyclic) bond motifs is 2. The Morgan fingerprint density at radius 2 is 1.11 bits per heavy atom. The highest BCUT2D eigenvalue weighted by Gasteiger charge is 2.55. The highest BCUT2D eigenvalue weighted by molar-refractivity contribution is 5.03. The molecule has 0 unspecified atom stereocenters. The molecule has 0 aromatic rings. The molecule has 0 heterocycles. The Kier molecular flexibility index (Phi) is 0.837. The molecular weight excluding hydrogens is 112 g/mol. The van der Waals surface area contributed by atoms with Crippen LogP contribution in [0.1, 0.15) is 32.1 Å². The van der Waals surface area contributed by atoms with Crippen molar-refractivity contribution in [3.63, 3.8) is 0 Å². The zero-order chi connectivity index (χ0) is 6.54. The highest BCUT2D eigenvalue weighted by atomic mass is 14.9. The normalized spacial score (nSPS) is 56.7. The predicted molar refractivity (Wildman–Crippen MR) is 34.3 cm³/mol. The van der Waals surface area contributed by atoms with Gasteiger partial charge in [0.25, 0.3) is 0 Å². The lowest BCUT2D eigenvalue weighted by molar-refractivity contribution is -0.487. The summed E-state index contributed by atoms with van der Waals surface area (Å²) in [6, 6.07) is 0. The quantitative estimate of drug-likeness (QED) is 0.417. The van der Waals surface area contributed by atoms with Crippen LogP contribution in [0.2, 0.25) is 0 Å². The smallest absolute Gasteiger partial charge is 0.101 e. The third kappa shape index (κ3) is 0.700. The maximum absolute atomic E-state index is 4.23. The van der Waals surface area contributed by atoms with Crippen molar-refractivity contribution in [2.45, 2.75) is 43.2 Å². The summed E-state index contributed by atoms with van der Waals surface area (Å²) < 4.78 is 0. The van der Waals surface area contributed by atoms with Crippen LogP contribution in [0.25, 0.3) is 0 Å². The molecule has 0 aromatic carbocycles. The summed E-state index contributed by atoms with van der Waals surface area (Å²) in [7, 11) is 0. The topological polar surface area (TPSA) is 55.3 Å². The first-order chi connectivity index (χ1) is 4.12. The van der Waals surface area contributed by atoms with E-state index in [1.165, 1.54) is 32.1 Å². The first-order valence-corrected chi connectivity index (χ1v) is 3.83. The molecule has 2 saturated carbocycles. The van der Waals surface area contributed by atoms with Crippen molar-refractivity contribution in [2.75, 3.05) is 0 Å². The van der Waals surface area contributed by atoms with Gasteiger partial charge in [0.15, 0.2) is 0 Å². The summed E-state index contributed by atoms with van der Waals surface area (Å²) in [5.41, 5.74) is 9.39. The molecule has 0 aliphatic heterocycles. The van der Waals surface area contributed by atoms with Crippen molar-refractivity contribution in [1.29, 1.82) is 0 Å². The van der Waals surface area contributed by atoms with E-state index in [1.807, 2.05) is 0 Å². The average molecular weight is 128 g/mol. The molecule has 2 bridgehead atoms. The number of hydrogen-bond acceptors (Lipinski definition) is 0. The molecule has 2 fully saturated rings. The lowest BCUT2D eigenvalue weighted by Gasteiger charge is -2.16. The fraction of sp³-hybridized carbons (Fsp3) is 1.00. The van der Waals surface area contributed by atoms with Crippen molar-refractivity contribution in [3.05, 3.63) is 0 Å². The van der Waals surface area contributed by atoms with Crippen molar-refractivity contribution >= 4 is 0 Å².